The Morgan fingerprint density at radius 2 is 2.00 bits per heavy atom. The third-order valence-corrected chi connectivity index (χ3v) is 1.95. The molecule has 1 unspecified atom stereocenters. The molecule has 0 fully saturated rings. The summed E-state index contributed by atoms with van der Waals surface area (Å²) in [7, 11) is 0. The molecule has 82 valence electrons. The molecular formula is C12H16O3. The summed E-state index contributed by atoms with van der Waals surface area (Å²) >= 11 is 0. The summed E-state index contributed by atoms with van der Waals surface area (Å²) in [6.07, 6.45) is 1.92. The van der Waals surface area contributed by atoms with Crippen LogP contribution < -0.4 is 4.74 Å². The molecule has 0 aliphatic rings. The van der Waals surface area contributed by atoms with Gasteiger partial charge in [0.05, 0.1) is 0 Å². The van der Waals surface area contributed by atoms with E-state index in [0.717, 1.165) is 12.0 Å². The molecule has 2 N–H and O–H groups in total. The Bertz CT molecular complexity index is 292. The van der Waals surface area contributed by atoms with Gasteiger partial charge in [0, 0.05) is 13.0 Å². The molecule has 0 heterocycles. The SMILES string of the molecule is C=CCc1ccc(OC(O)CCO)cc1. The molecule has 1 rings (SSSR count). The summed E-state index contributed by atoms with van der Waals surface area (Å²) in [4.78, 5) is 0. The second-order valence-corrected chi connectivity index (χ2v) is 3.22. The summed E-state index contributed by atoms with van der Waals surface area (Å²) in [6.45, 7) is 3.56. The van der Waals surface area contributed by atoms with Gasteiger partial charge in [-0.1, -0.05) is 18.2 Å². The van der Waals surface area contributed by atoms with Gasteiger partial charge < -0.3 is 14.9 Å². The van der Waals surface area contributed by atoms with Gasteiger partial charge in [0.1, 0.15) is 5.75 Å². The first kappa shape index (κ1) is 11.8. The Morgan fingerprint density at radius 1 is 1.33 bits per heavy atom. The van der Waals surface area contributed by atoms with Crippen LogP contribution in [0.5, 0.6) is 5.75 Å². The van der Waals surface area contributed by atoms with E-state index in [-0.39, 0.29) is 13.0 Å². The molecule has 0 spiro atoms. The minimum absolute atomic E-state index is 0.0876. The number of hydrogen-bond donors (Lipinski definition) is 2. The third-order valence-electron chi connectivity index (χ3n) is 1.95. The average Bonchev–Trinajstić information content (AvgIpc) is 2.22. The number of benzene rings is 1. The van der Waals surface area contributed by atoms with E-state index in [9.17, 15) is 5.11 Å². The lowest BCUT2D eigenvalue weighted by Gasteiger charge is -2.12. The van der Waals surface area contributed by atoms with Gasteiger partial charge in [-0.15, -0.1) is 6.58 Å². The summed E-state index contributed by atoms with van der Waals surface area (Å²) in [5, 5.41) is 17.9. The van der Waals surface area contributed by atoms with Crippen LogP contribution in [0.2, 0.25) is 0 Å². The van der Waals surface area contributed by atoms with Crippen LogP contribution in [0.3, 0.4) is 0 Å². The second-order valence-electron chi connectivity index (χ2n) is 3.22. The van der Waals surface area contributed by atoms with Crippen molar-refractivity contribution < 1.29 is 14.9 Å². The summed E-state index contributed by atoms with van der Waals surface area (Å²) < 4.78 is 5.16. The summed E-state index contributed by atoms with van der Waals surface area (Å²) in [5.74, 6) is 0.601. The smallest absolute Gasteiger partial charge is 0.199 e. The van der Waals surface area contributed by atoms with E-state index < -0.39 is 6.29 Å². The quantitative estimate of drug-likeness (QED) is 0.550. The number of hydrogen-bond acceptors (Lipinski definition) is 3. The molecule has 1 aromatic carbocycles. The van der Waals surface area contributed by atoms with Crippen LogP contribution in [0, 0.1) is 0 Å². The first-order chi connectivity index (χ1) is 7.26. The van der Waals surface area contributed by atoms with Crippen molar-refractivity contribution in [2.24, 2.45) is 0 Å². The molecular weight excluding hydrogens is 192 g/mol. The Kier molecular flexibility index (Phi) is 4.87. The highest BCUT2D eigenvalue weighted by atomic mass is 16.6. The highest BCUT2D eigenvalue weighted by Gasteiger charge is 2.04. The molecule has 15 heavy (non-hydrogen) atoms. The van der Waals surface area contributed by atoms with Gasteiger partial charge in [-0.2, -0.15) is 0 Å². The van der Waals surface area contributed by atoms with Crippen molar-refractivity contribution in [2.45, 2.75) is 19.1 Å². The van der Waals surface area contributed by atoms with Crippen LogP contribution in [0.1, 0.15) is 12.0 Å². The maximum atomic E-state index is 9.28. The first-order valence-electron chi connectivity index (χ1n) is 4.91. The zero-order valence-corrected chi connectivity index (χ0v) is 8.60. The number of allylic oxidation sites excluding steroid dienone is 1. The van der Waals surface area contributed by atoms with Crippen LogP contribution in [-0.4, -0.2) is 23.1 Å². The van der Waals surface area contributed by atoms with Gasteiger partial charge in [0.15, 0.2) is 6.29 Å². The molecule has 3 heteroatoms. The second kappa shape index (κ2) is 6.22. The third kappa shape index (κ3) is 4.14. The predicted octanol–water partition coefficient (Wildman–Crippen LogP) is 1.49. The molecule has 1 aromatic rings. The number of ether oxygens (including phenoxy) is 1. The van der Waals surface area contributed by atoms with Crippen molar-refractivity contribution in [3.05, 3.63) is 42.5 Å². The highest BCUT2D eigenvalue weighted by molar-refractivity contribution is 5.28. The van der Waals surface area contributed by atoms with E-state index in [0.29, 0.717) is 5.75 Å². The van der Waals surface area contributed by atoms with Crippen molar-refractivity contribution in [1.29, 1.82) is 0 Å². The Hall–Kier alpha value is -1.32. The van der Waals surface area contributed by atoms with E-state index in [1.165, 1.54) is 0 Å². The fourth-order valence-electron chi connectivity index (χ4n) is 1.20. The van der Waals surface area contributed by atoms with Crippen molar-refractivity contribution in [3.8, 4) is 5.75 Å². The van der Waals surface area contributed by atoms with E-state index in [1.807, 2.05) is 18.2 Å². The van der Waals surface area contributed by atoms with Crippen LogP contribution in [0.4, 0.5) is 0 Å². The highest BCUT2D eigenvalue weighted by Crippen LogP contribution is 2.14. The van der Waals surface area contributed by atoms with Crippen LogP contribution >= 0.6 is 0 Å². The number of aliphatic hydroxyl groups excluding tert-OH is 2. The topological polar surface area (TPSA) is 49.7 Å². The Labute approximate surface area is 89.6 Å². The van der Waals surface area contributed by atoms with Gasteiger partial charge in [-0.25, -0.2) is 0 Å². The maximum Gasteiger partial charge on any atom is 0.199 e. The van der Waals surface area contributed by atoms with Gasteiger partial charge in [-0.3, -0.25) is 0 Å². The zero-order valence-electron chi connectivity index (χ0n) is 8.60. The molecule has 1 atom stereocenters. The predicted molar refractivity (Wildman–Crippen MR) is 58.7 cm³/mol. The van der Waals surface area contributed by atoms with Gasteiger partial charge in [0.2, 0.25) is 0 Å². The average molecular weight is 208 g/mol. The Balaban J connectivity index is 2.52. The van der Waals surface area contributed by atoms with E-state index >= 15 is 0 Å². The van der Waals surface area contributed by atoms with Crippen molar-refractivity contribution in [1.82, 2.24) is 0 Å². The molecule has 0 bridgehead atoms. The normalized spacial score (nSPS) is 12.1. The van der Waals surface area contributed by atoms with E-state index in [4.69, 9.17) is 9.84 Å². The number of aliphatic hydroxyl groups is 2. The molecule has 0 aliphatic carbocycles. The monoisotopic (exact) mass is 208 g/mol. The largest absolute Gasteiger partial charge is 0.465 e. The van der Waals surface area contributed by atoms with Crippen molar-refractivity contribution >= 4 is 0 Å². The molecule has 3 nitrogen and oxygen atoms in total. The van der Waals surface area contributed by atoms with E-state index in [1.54, 1.807) is 12.1 Å². The van der Waals surface area contributed by atoms with Gasteiger partial charge in [0.25, 0.3) is 0 Å². The molecule has 0 aromatic heterocycles. The lowest BCUT2D eigenvalue weighted by atomic mass is 10.1. The summed E-state index contributed by atoms with van der Waals surface area (Å²) in [5.41, 5.74) is 1.15. The minimum Gasteiger partial charge on any atom is -0.465 e. The molecule has 0 amide bonds. The minimum atomic E-state index is -0.944. The van der Waals surface area contributed by atoms with Gasteiger partial charge in [-0.05, 0) is 24.1 Å². The fraction of sp³-hybridized carbons (Fsp3) is 0.333. The van der Waals surface area contributed by atoms with Gasteiger partial charge >= 0.3 is 0 Å². The lowest BCUT2D eigenvalue weighted by Crippen LogP contribution is -2.16. The Morgan fingerprint density at radius 3 is 2.53 bits per heavy atom. The number of rotatable bonds is 6. The van der Waals surface area contributed by atoms with E-state index in [2.05, 4.69) is 6.58 Å². The van der Waals surface area contributed by atoms with Crippen molar-refractivity contribution in [3.63, 3.8) is 0 Å². The van der Waals surface area contributed by atoms with Crippen molar-refractivity contribution in [2.75, 3.05) is 6.61 Å². The maximum absolute atomic E-state index is 9.28. The molecule has 0 radical (unpaired) electrons. The molecule has 0 saturated heterocycles. The van der Waals surface area contributed by atoms with Crippen LogP contribution in [-0.2, 0) is 6.42 Å². The lowest BCUT2D eigenvalue weighted by molar-refractivity contribution is -0.0327. The van der Waals surface area contributed by atoms with Crippen LogP contribution in [0.15, 0.2) is 36.9 Å². The first-order valence-corrected chi connectivity index (χ1v) is 4.91. The van der Waals surface area contributed by atoms with Crippen LogP contribution in [0.25, 0.3) is 0 Å². The summed E-state index contributed by atoms with van der Waals surface area (Å²) in [6, 6.07) is 7.42. The fourth-order valence-corrected chi connectivity index (χ4v) is 1.20. The zero-order chi connectivity index (χ0) is 11.1. The molecule has 0 saturated carbocycles. The molecule has 0 aliphatic heterocycles. The standard InChI is InChI=1S/C12H16O3/c1-2-3-10-4-6-11(7-5-10)15-12(14)8-9-13/h2,4-7,12-14H,1,3,8-9H2.